The highest BCUT2D eigenvalue weighted by atomic mass is 32.2. The van der Waals surface area contributed by atoms with Crippen molar-refractivity contribution in [3.63, 3.8) is 0 Å². The van der Waals surface area contributed by atoms with Crippen LogP contribution >= 0.6 is 0 Å². The second kappa shape index (κ2) is 6.70. The van der Waals surface area contributed by atoms with E-state index in [9.17, 15) is 13.2 Å². The van der Waals surface area contributed by atoms with Crippen LogP contribution in [0.2, 0.25) is 0 Å². The molecule has 3 aromatic rings. The predicted molar refractivity (Wildman–Crippen MR) is 104 cm³/mol. The normalized spacial score (nSPS) is 13.4. The molecule has 27 heavy (non-hydrogen) atoms. The number of nitrogens with zero attached hydrogens (tertiary/aromatic N) is 1. The lowest BCUT2D eigenvalue weighted by Gasteiger charge is -2.17. The maximum atomic E-state index is 13.4. The van der Waals surface area contributed by atoms with E-state index in [2.05, 4.69) is 0 Å². The molecule has 1 aliphatic heterocycles. The molecule has 0 amide bonds. The monoisotopic (exact) mass is 381 g/mol. The number of sulfone groups is 1. The van der Waals surface area contributed by atoms with Crippen molar-refractivity contribution in [2.24, 2.45) is 0 Å². The van der Waals surface area contributed by atoms with Crippen LogP contribution in [0.5, 0.6) is 5.75 Å². The number of ether oxygens (including phenoxy) is 1. The van der Waals surface area contributed by atoms with Gasteiger partial charge in [-0.25, -0.2) is 8.42 Å². The highest BCUT2D eigenvalue weighted by Crippen LogP contribution is 2.34. The van der Waals surface area contributed by atoms with Gasteiger partial charge < -0.3 is 9.30 Å². The van der Waals surface area contributed by atoms with E-state index in [1.54, 1.807) is 18.2 Å². The second-order valence-electron chi connectivity index (χ2n) is 6.47. The molecule has 0 radical (unpaired) electrons. The maximum Gasteiger partial charge on any atom is 0.215 e. The summed E-state index contributed by atoms with van der Waals surface area (Å²) in [6.45, 7) is 2.63. The van der Waals surface area contributed by atoms with E-state index in [-0.39, 0.29) is 9.79 Å². The molecule has 6 heteroatoms. The van der Waals surface area contributed by atoms with Gasteiger partial charge in [-0.3, -0.25) is 4.79 Å². The first-order valence-corrected chi connectivity index (χ1v) is 10.3. The number of hydrogen-bond acceptors (Lipinski definition) is 4. The van der Waals surface area contributed by atoms with Crippen molar-refractivity contribution in [1.82, 2.24) is 4.57 Å². The zero-order chi connectivity index (χ0) is 19.0. The highest BCUT2D eigenvalue weighted by Gasteiger charge is 2.28. The summed E-state index contributed by atoms with van der Waals surface area (Å²) in [5.41, 5.74) is 1.03. The number of allylic oxidation sites excluding steroid dienone is 1. The molecule has 2 aromatic carbocycles. The summed E-state index contributed by atoms with van der Waals surface area (Å²) in [5, 5.41) is 0.401. The van der Waals surface area contributed by atoms with Crippen LogP contribution < -0.4 is 10.2 Å². The Hall–Kier alpha value is -2.86. The number of benzene rings is 2. The van der Waals surface area contributed by atoms with Crippen molar-refractivity contribution in [2.75, 3.05) is 0 Å². The quantitative estimate of drug-likeness (QED) is 0.691. The van der Waals surface area contributed by atoms with Crippen LogP contribution in [0.3, 0.4) is 0 Å². The zero-order valence-corrected chi connectivity index (χ0v) is 15.7. The molecular formula is C21H19NO4S. The predicted octanol–water partition coefficient (Wildman–Crippen LogP) is 3.69. The first-order valence-electron chi connectivity index (χ1n) is 8.85. The molecule has 0 atom stereocenters. The molecule has 2 heterocycles. The van der Waals surface area contributed by atoms with Crippen molar-refractivity contribution in [1.29, 1.82) is 0 Å². The highest BCUT2D eigenvalue weighted by molar-refractivity contribution is 7.91. The van der Waals surface area contributed by atoms with E-state index in [1.165, 1.54) is 18.5 Å². The molecule has 4 rings (SSSR count). The molecular weight excluding hydrogens is 362 g/mol. The number of pyridine rings is 1. The van der Waals surface area contributed by atoms with Crippen molar-refractivity contribution in [2.45, 2.75) is 36.1 Å². The second-order valence-corrected chi connectivity index (χ2v) is 8.36. The van der Waals surface area contributed by atoms with E-state index in [1.807, 2.05) is 35.8 Å². The summed E-state index contributed by atoms with van der Waals surface area (Å²) in [4.78, 5) is 12.8. The molecule has 0 bridgehead atoms. The first kappa shape index (κ1) is 17.5. The number of rotatable bonds is 4. The Morgan fingerprint density at radius 1 is 1.07 bits per heavy atom. The molecule has 0 unspecified atom stereocenters. The summed E-state index contributed by atoms with van der Waals surface area (Å²) in [5.74, 6) is 0.301. The Morgan fingerprint density at radius 3 is 2.70 bits per heavy atom. The van der Waals surface area contributed by atoms with Crippen LogP contribution in [0.15, 0.2) is 75.6 Å². The third-order valence-electron chi connectivity index (χ3n) is 4.68. The van der Waals surface area contributed by atoms with Crippen LogP contribution in [-0.4, -0.2) is 13.0 Å². The Kier molecular flexibility index (Phi) is 4.36. The largest absolute Gasteiger partial charge is 0.464 e. The maximum absolute atomic E-state index is 13.4. The molecule has 0 spiro atoms. The van der Waals surface area contributed by atoms with Crippen LogP contribution in [-0.2, 0) is 22.8 Å². The Balaban J connectivity index is 2.00. The average molecular weight is 381 g/mol. The molecule has 0 saturated heterocycles. The van der Waals surface area contributed by atoms with Crippen LogP contribution in [0.4, 0.5) is 0 Å². The lowest BCUT2D eigenvalue weighted by molar-refractivity contribution is 0.449. The van der Waals surface area contributed by atoms with Crippen molar-refractivity contribution < 1.29 is 13.2 Å². The first-order chi connectivity index (χ1) is 13.0. The van der Waals surface area contributed by atoms with Crippen molar-refractivity contribution in [3.8, 4) is 5.75 Å². The summed E-state index contributed by atoms with van der Waals surface area (Å²) in [6, 6.07) is 12.1. The van der Waals surface area contributed by atoms with E-state index >= 15 is 0 Å². The number of fused-ring (bicyclic) bond motifs is 2. The van der Waals surface area contributed by atoms with Gasteiger partial charge in [0.05, 0.1) is 11.8 Å². The number of para-hydroxylation sites is 2. The topological polar surface area (TPSA) is 65.4 Å². The third kappa shape index (κ3) is 2.86. The van der Waals surface area contributed by atoms with E-state index in [4.69, 9.17) is 4.74 Å². The van der Waals surface area contributed by atoms with Crippen LogP contribution in [0.25, 0.3) is 10.9 Å². The van der Waals surface area contributed by atoms with Crippen LogP contribution in [0, 0.1) is 0 Å². The minimum atomic E-state index is -4.04. The van der Waals surface area contributed by atoms with Gasteiger partial charge in [0.15, 0.2) is 0 Å². The average Bonchev–Trinajstić information content (AvgIpc) is 2.69. The molecule has 1 aliphatic rings. The molecule has 0 aliphatic carbocycles. The fourth-order valence-electron chi connectivity index (χ4n) is 3.41. The smallest absolute Gasteiger partial charge is 0.215 e. The van der Waals surface area contributed by atoms with Gasteiger partial charge in [-0.05, 0) is 37.1 Å². The lowest BCUT2D eigenvalue weighted by atomic mass is 10.1. The standard InChI is InChI=1S/C21H19NO4S/c1-2-12-22-14-19(20(23)16-9-3-4-10-17(16)22)27(24,25)18-11-5-7-15-8-6-13-26-21(15)18/h3-7,9-11,13-14H,2,8,12H2,1H3. The van der Waals surface area contributed by atoms with E-state index in [0.29, 0.717) is 24.1 Å². The van der Waals surface area contributed by atoms with Gasteiger partial charge in [0.2, 0.25) is 15.3 Å². The molecule has 0 N–H and O–H groups in total. The Bertz CT molecular complexity index is 1220. The van der Waals surface area contributed by atoms with Gasteiger partial charge in [-0.2, -0.15) is 0 Å². The summed E-state index contributed by atoms with van der Waals surface area (Å²) in [7, 11) is -4.04. The fourth-order valence-corrected chi connectivity index (χ4v) is 4.95. The fraction of sp³-hybridized carbons (Fsp3) is 0.190. The van der Waals surface area contributed by atoms with Gasteiger partial charge in [0.25, 0.3) is 0 Å². The summed E-state index contributed by atoms with van der Waals surface area (Å²) in [6.07, 6.45) is 6.18. The molecule has 0 saturated carbocycles. The molecule has 138 valence electrons. The molecule has 0 fully saturated rings. The summed E-state index contributed by atoms with van der Waals surface area (Å²) >= 11 is 0. The lowest BCUT2D eigenvalue weighted by Crippen LogP contribution is -2.20. The van der Waals surface area contributed by atoms with E-state index in [0.717, 1.165) is 17.5 Å². The molecule has 1 aromatic heterocycles. The van der Waals surface area contributed by atoms with Crippen LogP contribution in [0.1, 0.15) is 18.9 Å². The van der Waals surface area contributed by atoms with Crippen molar-refractivity contribution in [3.05, 3.63) is 76.8 Å². The van der Waals surface area contributed by atoms with Gasteiger partial charge >= 0.3 is 0 Å². The zero-order valence-electron chi connectivity index (χ0n) is 14.9. The minimum absolute atomic E-state index is 0.0276. The van der Waals surface area contributed by atoms with Gasteiger partial charge in [-0.1, -0.05) is 31.2 Å². The minimum Gasteiger partial charge on any atom is -0.464 e. The molecule has 5 nitrogen and oxygen atoms in total. The van der Waals surface area contributed by atoms with Gasteiger partial charge in [0, 0.05) is 23.7 Å². The van der Waals surface area contributed by atoms with E-state index < -0.39 is 15.3 Å². The van der Waals surface area contributed by atoms with Gasteiger partial charge in [0.1, 0.15) is 15.5 Å². The number of aromatic nitrogens is 1. The number of hydrogen-bond donors (Lipinski definition) is 0. The number of aryl methyl sites for hydroxylation is 1. The Morgan fingerprint density at radius 2 is 1.89 bits per heavy atom. The third-order valence-corrected chi connectivity index (χ3v) is 6.45. The summed E-state index contributed by atoms with van der Waals surface area (Å²) < 4.78 is 34.2. The van der Waals surface area contributed by atoms with Crippen molar-refractivity contribution >= 4 is 20.7 Å². The SMILES string of the molecule is CCCn1cc(S(=O)(=O)c2cccc3c2OC=CC3)c(=O)c2ccccc21. The van der Waals surface area contributed by atoms with Gasteiger partial charge in [-0.15, -0.1) is 0 Å². The Labute approximate surface area is 157 Å².